The quantitative estimate of drug-likeness (QED) is 0.0391. The van der Waals surface area contributed by atoms with Crippen LogP contribution < -0.4 is 19.8 Å². The number of carbonyl (C=O) groups excluding carboxylic acids is 1. The number of aromatic nitrogens is 1. The number of hydrogen-bond donors (Lipinski definition) is 2. The van der Waals surface area contributed by atoms with E-state index in [-0.39, 0.29) is 33.9 Å². The first-order chi connectivity index (χ1) is 31.1. The van der Waals surface area contributed by atoms with E-state index in [2.05, 4.69) is 25.9 Å². The molecule has 65 heavy (non-hydrogen) atoms. The van der Waals surface area contributed by atoms with Gasteiger partial charge in [-0.3, -0.25) is 14.8 Å². The van der Waals surface area contributed by atoms with Crippen LogP contribution in [0.25, 0.3) is 22.4 Å². The molecule has 1 saturated heterocycles. The summed E-state index contributed by atoms with van der Waals surface area (Å²) in [5, 5.41) is 15.5. The summed E-state index contributed by atoms with van der Waals surface area (Å²) in [5.41, 5.74) is 6.27. The van der Waals surface area contributed by atoms with Crippen molar-refractivity contribution < 1.29 is 31.7 Å². The monoisotopic (exact) mass is 923 g/mol. The van der Waals surface area contributed by atoms with Crippen molar-refractivity contribution in [2.24, 2.45) is 7.05 Å². The van der Waals surface area contributed by atoms with Crippen LogP contribution >= 0.6 is 11.8 Å². The van der Waals surface area contributed by atoms with Crippen molar-refractivity contribution in [2.75, 3.05) is 79.5 Å². The Balaban J connectivity index is 1.01. The van der Waals surface area contributed by atoms with Gasteiger partial charge in [0.25, 0.3) is 15.7 Å². The number of sulfonamides is 1. The van der Waals surface area contributed by atoms with Gasteiger partial charge in [0, 0.05) is 84.3 Å². The van der Waals surface area contributed by atoms with Gasteiger partial charge in [-0.05, 0) is 142 Å². The Bertz CT molecular complexity index is 2760. The van der Waals surface area contributed by atoms with Crippen molar-refractivity contribution in [3.63, 3.8) is 0 Å². The number of benzene rings is 5. The van der Waals surface area contributed by atoms with Gasteiger partial charge in [-0.15, -0.1) is 11.8 Å². The summed E-state index contributed by atoms with van der Waals surface area (Å²) in [6.45, 7) is 5.30. The van der Waals surface area contributed by atoms with E-state index < -0.39 is 20.9 Å². The Hall–Kier alpha value is -6.43. The topological polar surface area (TPSA) is 142 Å². The fourth-order valence-electron chi connectivity index (χ4n) is 7.93. The van der Waals surface area contributed by atoms with Crippen molar-refractivity contribution in [1.29, 1.82) is 0 Å². The largest absolute Gasteiger partial charge is 0.465 e. The highest BCUT2D eigenvalue weighted by Gasteiger charge is 2.28. The maximum Gasteiger partial charge on any atom is 0.340 e. The van der Waals surface area contributed by atoms with Crippen molar-refractivity contribution in [3.8, 4) is 22.4 Å². The van der Waals surface area contributed by atoms with Gasteiger partial charge in [0.05, 0.1) is 28.2 Å². The van der Waals surface area contributed by atoms with Gasteiger partial charge >= 0.3 is 5.97 Å². The number of carbonyl (C=O) groups is 1. The number of rotatable bonds is 17. The minimum Gasteiger partial charge on any atom is -0.465 e. The zero-order chi connectivity index (χ0) is 46.4. The van der Waals surface area contributed by atoms with Gasteiger partial charge < -0.3 is 29.3 Å². The van der Waals surface area contributed by atoms with Crippen LogP contribution in [0, 0.1) is 28.7 Å². The van der Waals surface area contributed by atoms with E-state index in [1.54, 1.807) is 36.4 Å². The Morgan fingerprint density at radius 3 is 2.11 bits per heavy atom. The average molecular weight is 924 g/mol. The van der Waals surface area contributed by atoms with Crippen LogP contribution in [0.4, 0.5) is 37.2 Å². The normalized spacial score (nSPS) is 13.5. The van der Waals surface area contributed by atoms with Crippen molar-refractivity contribution in [3.05, 3.63) is 148 Å². The maximum absolute atomic E-state index is 13.9. The highest BCUT2D eigenvalue weighted by Crippen LogP contribution is 2.41. The van der Waals surface area contributed by atoms with E-state index in [0.717, 1.165) is 44.9 Å². The highest BCUT2D eigenvalue weighted by molar-refractivity contribution is 7.99. The Morgan fingerprint density at radius 1 is 0.862 bits per heavy atom. The standard InChI is InChI=1S/C48H51F2N7O6S2/c1-32-45(48(58)63-5)46(47(54(32)4)33-9-11-35(49)12-10-33)34-7-6-8-40(29-34)56-27-25-55(26-28-56)39-17-15-37(16-18-39)52-65(61,62)42-21-22-43(44(30-42)57(59)60)51-38(23-24-53(2)3)31-64-41-19-13-36(50)14-20-41/h6-22,29-30,38,51-52H,23-28,31H2,1-5H3/t38-/m1/s1. The average Bonchev–Trinajstić information content (AvgIpc) is 3.57. The fourth-order valence-corrected chi connectivity index (χ4v) is 9.98. The van der Waals surface area contributed by atoms with Crippen molar-refractivity contribution in [1.82, 2.24) is 9.47 Å². The summed E-state index contributed by atoms with van der Waals surface area (Å²) in [6, 6.07) is 31.0. The Kier molecular flexibility index (Phi) is 14.4. The Labute approximate surface area is 382 Å². The Morgan fingerprint density at radius 2 is 1.49 bits per heavy atom. The number of anilines is 4. The molecular formula is C48H51F2N7O6S2. The molecule has 0 saturated carbocycles. The molecule has 0 aliphatic carbocycles. The van der Waals surface area contributed by atoms with E-state index in [1.807, 2.05) is 67.9 Å². The summed E-state index contributed by atoms with van der Waals surface area (Å²) >= 11 is 1.49. The lowest BCUT2D eigenvalue weighted by molar-refractivity contribution is -0.384. The molecule has 340 valence electrons. The molecule has 0 bridgehead atoms. The molecule has 1 fully saturated rings. The number of halogens is 2. The van der Waals surface area contributed by atoms with Gasteiger partial charge in [-0.2, -0.15) is 0 Å². The highest BCUT2D eigenvalue weighted by atomic mass is 32.2. The molecule has 2 N–H and O–H groups in total. The first kappa shape index (κ1) is 46.6. The van der Waals surface area contributed by atoms with Gasteiger partial charge in [0.2, 0.25) is 0 Å². The van der Waals surface area contributed by atoms with Crippen LogP contribution in [0.2, 0.25) is 0 Å². The predicted molar refractivity (Wildman–Crippen MR) is 255 cm³/mol. The number of esters is 1. The van der Waals surface area contributed by atoms with E-state index >= 15 is 0 Å². The van der Waals surface area contributed by atoms with Gasteiger partial charge in [0.1, 0.15) is 17.3 Å². The van der Waals surface area contributed by atoms with Gasteiger partial charge in [0.15, 0.2) is 0 Å². The predicted octanol–water partition coefficient (Wildman–Crippen LogP) is 9.29. The van der Waals surface area contributed by atoms with Crippen LogP contribution in [0.1, 0.15) is 22.5 Å². The fraction of sp³-hybridized carbons (Fsp3) is 0.271. The molecule has 0 spiro atoms. The van der Waals surface area contributed by atoms with Crippen LogP contribution in [0.5, 0.6) is 0 Å². The van der Waals surface area contributed by atoms with E-state index in [0.29, 0.717) is 61.7 Å². The van der Waals surface area contributed by atoms with Crippen LogP contribution in [-0.2, 0) is 21.8 Å². The zero-order valence-electron chi connectivity index (χ0n) is 36.8. The second-order valence-corrected chi connectivity index (χ2v) is 18.8. The molecule has 17 heteroatoms. The first-order valence-electron chi connectivity index (χ1n) is 21.0. The minimum absolute atomic E-state index is 0.199. The third-order valence-electron chi connectivity index (χ3n) is 11.5. The molecule has 6 aromatic rings. The lowest BCUT2D eigenvalue weighted by atomic mass is 9.96. The van der Waals surface area contributed by atoms with E-state index in [4.69, 9.17) is 4.74 Å². The smallest absolute Gasteiger partial charge is 0.340 e. The minimum atomic E-state index is -4.20. The SMILES string of the molecule is COC(=O)c1c(-c2cccc(N3CCN(c4ccc(NS(=O)(=O)c5ccc(N[C@H](CCN(C)C)CSc6ccc(F)cc6)c([N+](=O)[O-])c5)cc4)CC3)c2)c(-c2ccc(F)cc2)n(C)c1C. The van der Waals surface area contributed by atoms with Crippen molar-refractivity contribution in [2.45, 2.75) is 29.2 Å². The number of nitro benzene ring substituents is 1. The molecule has 13 nitrogen and oxygen atoms in total. The van der Waals surface area contributed by atoms with E-state index in [1.165, 1.54) is 55.3 Å². The molecule has 1 aliphatic rings. The number of methoxy groups -OCH3 is 1. The number of nitrogens with zero attached hydrogens (tertiary/aromatic N) is 5. The summed E-state index contributed by atoms with van der Waals surface area (Å²) in [7, 11) is 2.90. The third-order valence-corrected chi connectivity index (χ3v) is 14.0. The molecule has 1 aliphatic heterocycles. The molecule has 5 aromatic carbocycles. The summed E-state index contributed by atoms with van der Waals surface area (Å²) < 4.78 is 64.3. The molecule has 2 heterocycles. The number of ether oxygens (including phenoxy) is 1. The van der Waals surface area contributed by atoms with Crippen LogP contribution in [0.15, 0.2) is 125 Å². The number of nitrogens with one attached hydrogen (secondary N) is 2. The van der Waals surface area contributed by atoms with E-state index in [9.17, 15) is 32.1 Å². The first-order valence-corrected chi connectivity index (χ1v) is 23.4. The summed E-state index contributed by atoms with van der Waals surface area (Å²) in [6.07, 6.45) is 0.649. The number of hydrogen-bond acceptors (Lipinski definition) is 11. The van der Waals surface area contributed by atoms with Gasteiger partial charge in [-0.25, -0.2) is 22.0 Å². The molecule has 0 amide bonds. The number of nitro groups is 1. The maximum atomic E-state index is 13.9. The molecule has 0 unspecified atom stereocenters. The second-order valence-electron chi connectivity index (χ2n) is 16.1. The van der Waals surface area contributed by atoms with Gasteiger partial charge in [-0.1, -0.05) is 12.1 Å². The molecule has 1 aromatic heterocycles. The molecule has 0 radical (unpaired) electrons. The van der Waals surface area contributed by atoms with Crippen molar-refractivity contribution >= 4 is 56.2 Å². The molecule has 7 rings (SSSR count). The lowest BCUT2D eigenvalue weighted by Gasteiger charge is -2.37. The summed E-state index contributed by atoms with van der Waals surface area (Å²) in [5.74, 6) is -0.607. The number of thioether (sulfide) groups is 1. The summed E-state index contributed by atoms with van der Waals surface area (Å²) in [4.78, 5) is 31.9. The zero-order valence-corrected chi connectivity index (χ0v) is 38.4. The second kappa shape index (κ2) is 20.2. The van der Waals surface area contributed by atoms with Crippen LogP contribution in [-0.4, -0.2) is 94.5 Å². The lowest BCUT2D eigenvalue weighted by Crippen LogP contribution is -2.46. The van der Waals surface area contributed by atoms with Crippen LogP contribution in [0.3, 0.4) is 0 Å². The molecular weight excluding hydrogens is 873 g/mol. The molecule has 1 atom stereocenters. The number of piperazine rings is 1. The third kappa shape index (κ3) is 10.9.